The highest BCUT2D eigenvalue weighted by atomic mass is 35.5. The van der Waals surface area contributed by atoms with Crippen LogP contribution in [-0.2, 0) is 11.3 Å². The van der Waals surface area contributed by atoms with Crippen molar-refractivity contribution in [3.8, 4) is 5.69 Å². The molecular formula is C24H25ClN4O2. The molecule has 0 saturated carbocycles. The second kappa shape index (κ2) is 9.35. The number of halogens is 1. The number of anilines is 1. The molecule has 0 spiro atoms. The number of piperidine rings is 1. The summed E-state index contributed by atoms with van der Waals surface area (Å²) in [6.07, 6.45) is 1.73. The Labute approximate surface area is 186 Å². The second-order valence-electron chi connectivity index (χ2n) is 7.85. The molecule has 0 aliphatic carbocycles. The van der Waals surface area contributed by atoms with Gasteiger partial charge in [0.05, 0.1) is 11.6 Å². The van der Waals surface area contributed by atoms with Crippen LogP contribution < -0.4 is 15.8 Å². The summed E-state index contributed by atoms with van der Waals surface area (Å²) < 4.78 is 1.35. The molecule has 1 fully saturated rings. The quantitative estimate of drug-likeness (QED) is 0.661. The first kappa shape index (κ1) is 21.1. The van der Waals surface area contributed by atoms with E-state index in [-0.39, 0.29) is 17.4 Å². The van der Waals surface area contributed by atoms with Crippen LogP contribution in [0.1, 0.15) is 24.0 Å². The van der Waals surface area contributed by atoms with E-state index < -0.39 is 0 Å². The van der Waals surface area contributed by atoms with E-state index in [1.54, 1.807) is 30.3 Å². The molecule has 160 valence electrons. The van der Waals surface area contributed by atoms with Crippen LogP contribution in [0.2, 0.25) is 5.02 Å². The smallest absolute Gasteiger partial charge is 0.271 e. The number of nitrogens with one attached hydrogen (secondary N) is 1. The first-order valence-corrected chi connectivity index (χ1v) is 10.8. The zero-order valence-corrected chi connectivity index (χ0v) is 18.2. The van der Waals surface area contributed by atoms with Gasteiger partial charge in [0.1, 0.15) is 5.82 Å². The van der Waals surface area contributed by atoms with Crippen molar-refractivity contribution < 1.29 is 4.79 Å². The van der Waals surface area contributed by atoms with Crippen LogP contribution in [0.25, 0.3) is 5.69 Å². The van der Waals surface area contributed by atoms with E-state index in [1.807, 2.05) is 31.2 Å². The van der Waals surface area contributed by atoms with Gasteiger partial charge < -0.3 is 10.2 Å². The van der Waals surface area contributed by atoms with E-state index >= 15 is 0 Å². The summed E-state index contributed by atoms with van der Waals surface area (Å²) >= 11 is 6.08. The van der Waals surface area contributed by atoms with Crippen molar-refractivity contribution in [3.63, 3.8) is 0 Å². The molecule has 1 aliphatic heterocycles. The SMILES string of the molecule is Cc1ccccc1CNC(=O)C1CCCN(c2ccc(=O)n(-c3cccc(Cl)c3)n2)C1. The lowest BCUT2D eigenvalue weighted by Crippen LogP contribution is -2.43. The summed E-state index contributed by atoms with van der Waals surface area (Å²) in [4.78, 5) is 27.2. The highest BCUT2D eigenvalue weighted by Crippen LogP contribution is 2.22. The number of aromatic nitrogens is 2. The zero-order valence-electron chi connectivity index (χ0n) is 17.4. The van der Waals surface area contributed by atoms with Crippen molar-refractivity contribution in [2.24, 2.45) is 5.92 Å². The lowest BCUT2D eigenvalue weighted by Gasteiger charge is -2.33. The standard InChI is InChI=1S/C24H25ClN4O2/c1-17-6-2-3-7-18(17)15-26-24(31)19-8-5-13-28(16-19)22-11-12-23(30)29(27-22)21-10-4-9-20(25)14-21/h2-4,6-7,9-12,14,19H,5,8,13,15-16H2,1H3,(H,26,31). The Kier molecular flexibility index (Phi) is 6.37. The van der Waals surface area contributed by atoms with Crippen LogP contribution in [0.3, 0.4) is 0 Å². The summed E-state index contributed by atoms with van der Waals surface area (Å²) in [5.74, 6) is 0.609. The molecule has 0 radical (unpaired) electrons. The van der Waals surface area contributed by atoms with Crippen molar-refractivity contribution in [1.82, 2.24) is 15.1 Å². The van der Waals surface area contributed by atoms with Gasteiger partial charge in [0, 0.05) is 30.7 Å². The predicted octanol–water partition coefficient (Wildman–Crippen LogP) is 3.73. The normalized spacial score (nSPS) is 16.2. The van der Waals surface area contributed by atoms with Crippen molar-refractivity contribution >= 4 is 23.3 Å². The van der Waals surface area contributed by atoms with E-state index in [2.05, 4.69) is 15.3 Å². The van der Waals surface area contributed by atoms with Crippen molar-refractivity contribution in [1.29, 1.82) is 0 Å². The average Bonchev–Trinajstić information content (AvgIpc) is 2.79. The summed E-state index contributed by atoms with van der Waals surface area (Å²) in [6, 6.07) is 18.3. The summed E-state index contributed by atoms with van der Waals surface area (Å²) in [5, 5.41) is 8.17. The van der Waals surface area contributed by atoms with Crippen molar-refractivity contribution in [2.45, 2.75) is 26.3 Å². The van der Waals surface area contributed by atoms with Crippen LogP contribution in [0.5, 0.6) is 0 Å². The van der Waals surface area contributed by atoms with Gasteiger partial charge in [-0.3, -0.25) is 9.59 Å². The minimum absolute atomic E-state index is 0.0520. The number of nitrogens with zero attached hydrogens (tertiary/aromatic N) is 3. The van der Waals surface area contributed by atoms with Gasteiger partial charge in [0.15, 0.2) is 0 Å². The first-order chi connectivity index (χ1) is 15.0. The van der Waals surface area contributed by atoms with Crippen molar-refractivity contribution in [2.75, 3.05) is 18.0 Å². The third-order valence-corrected chi connectivity index (χ3v) is 5.90. The monoisotopic (exact) mass is 436 g/mol. The van der Waals surface area contributed by atoms with Crippen LogP contribution in [0.15, 0.2) is 65.5 Å². The molecule has 4 rings (SSSR count). The Hall–Kier alpha value is -3.12. The molecular weight excluding hydrogens is 412 g/mol. The third-order valence-electron chi connectivity index (χ3n) is 5.67. The maximum atomic E-state index is 12.8. The molecule has 1 atom stereocenters. The van der Waals surface area contributed by atoms with Crippen molar-refractivity contribution in [3.05, 3.63) is 87.2 Å². The Morgan fingerprint density at radius 3 is 2.81 bits per heavy atom. The maximum Gasteiger partial charge on any atom is 0.271 e. The number of rotatable bonds is 5. The molecule has 2 aromatic carbocycles. The number of carbonyl (C=O) groups excluding carboxylic acids is 1. The predicted molar refractivity (Wildman–Crippen MR) is 123 cm³/mol. The number of carbonyl (C=O) groups is 1. The molecule has 2 heterocycles. The fourth-order valence-electron chi connectivity index (χ4n) is 3.90. The lowest BCUT2D eigenvalue weighted by atomic mass is 9.97. The van der Waals surface area contributed by atoms with E-state index in [0.717, 1.165) is 24.9 Å². The van der Waals surface area contributed by atoms with Gasteiger partial charge in [-0.1, -0.05) is 41.9 Å². The van der Waals surface area contributed by atoms with Crippen LogP contribution in [0, 0.1) is 12.8 Å². The Balaban J connectivity index is 1.47. The first-order valence-electron chi connectivity index (χ1n) is 10.4. The average molecular weight is 437 g/mol. The van der Waals surface area contributed by atoms with Gasteiger partial charge in [0.25, 0.3) is 5.56 Å². The molecule has 1 saturated heterocycles. The third kappa shape index (κ3) is 4.97. The molecule has 3 aromatic rings. The summed E-state index contributed by atoms with van der Waals surface area (Å²) in [6.45, 7) is 3.94. The largest absolute Gasteiger partial charge is 0.354 e. The van der Waals surface area contributed by atoms with Crippen LogP contribution in [-0.4, -0.2) is 28.8 Å². The highest BCUT2D eigenvalue weighted by molar-refractivity contribution is 6.30. The Morgan fingerprint density at radius 2 is 2.00 bits per heavy atom. The molecule has 1 N–H and O–H groups in total. The van der Waals surface area contributed by atoms with Crippen LogP contribution in [0.4, 0.5) is 5.82 Å². The minimum Gasteiger partial charge on any atom is -0.354 e. The van der Waals surface area contributed by atoms with Gasteiger partial charge in [-0.2, -0.15) is 4.68 Å². The highest BCUT2D eigenvalue weighted by Gasteiger charge is 2.27. The maximum absolute atomic E-state index is 12.8. The van der Waals surface area contributed by atoms with E-state index in [1.165, 1.54) is 16.3 Å². The number of aryl methyl sites for hydroxylation is 1. The van der Waals surface area contributed by atoms with E-state index in [0.29, 0.717) is 29.6 Å². The van der Waals surface area contributed by atoms with E-state index in [4.69, 9.17) is 11.6 Å². The minimum atomic E-state index is -0.226. The fraction of sp³-hybridized carbons (Fsp3) is 0.292. The second-order valence-corrected chi connectivity index (χ2v) is 8.29. The molecule has 1 aromatic heterocycles. The van der Waals surface area contributed by atoms with Gasteiger partial charge >= 0.3 is 0 Å². The van der Waals surface area contributed by atoms with E-state index in [9.17, 15) is 9.59 Å². The number of benzene rings is 2. The lowest BCUT2D eigenvalue weighted by molar-refractivity contribution is -0.125. The van der Waals surface area contributed by atoms with Crippen LogP contribution >= 0.6 is 11.6 Å². The zero-order chi connectivity index (χ0) is 21.8. The Bertz CT molecular complexity index is 1140. The molecule has 6 nitrogen and oxygen atoms in total. The number of amides is 1. The fourth-order valence-corrected chi connectivity index (χ4v) is 4.08. The van der Waals surface area contributed by atoms with Gasteiger partial charge in [-0.25, -0.2) is 0 Å². The summed E-state index contributed by atoms with van der Waals surface area (Å²) in [7, 11) is 0. The molecule has 7 heteroatoms. The molecule has 1 amide bonds. The Morgan fingerprint density at radius 1 is 1.16 bits per heavy atom. The number of hydrogen-bond acceptors (Lipinski definition) is 4. The molecule has 1 unspecified atom stereocenters. The molecule has 0 bridgehead atoms. The van der Waals surface area contributed by atoms with Gasteiger partial charge in [-0.15, -0.1) is 5.10 Å². The summed E-state index contributed by atoms with van der Waals surface area (Å²) in [5.41, 5.74) is 2.68. The molecule has 31 heavy (non-hydrogen) atoms. The topological polar surface area (TPSA) is 67.2 Å². The van der Waals surface area contributed by atoms with Gasteiger partial charge in [0.2, 0.25) is 5.91 Å². The molecule has 1 aliphatic rings. The van der Waals surface area contributed by atoms with Gasteiger partial charge in [-0.05, 0) is 55.2 Å². The number of hydrogen-bond donors (Lipinski definition) is 1.